The smallest absolute Gasteiger partial charge is 0.154 e. The SMILES string of the molecule is Nc1n[nH]c2cc(Br)ncc12. The van der Waals surface area contributed by atoms with Gasteiger partial charge < -0.3 is 5.73 Å². The number of H-pyrrole nitrogens is 1. The Labute approximate surface area is 70.9 Å². The summed E-state index contributed by atoms with van der Waals surface area (Å²) in [6.45, 7) is 0. The second-order valence-electron chi connectivity index (χ2n) is 2.16. The van der Waals surface area contributed by atoms with Gasteiger partial charge >= 0.3 is 0 Å². The Balaban J connectivity index is 2.86. The zero-order valence-corrected chi connectivity index (χ0v) is 7.09. The lowest BCUT2D eigenvalue weighted by atomic mass is 10.3. The van der Waals surface area contributed by atoms with Crippen LogP contribution in [0.25, 0.3) is 10.9 Å². The van der Waals surface area contributed by atoms with E-state index in [0.717, 1.165) is 15.5 Å². The summed E-state index contributed by atoms with van der Waals surface area (Å²) in [7, 11) is 0. The molecule has 0 aliphatic carbocycles. The largest absolute Gasteiger partial charge is 0.382 e. The molecular formula is C6H5BrN4. The molecule has 0 fully saturated rings. The van der Waals surface area contributed by atoms with E-state index in [2.05, 4.69) is 31.1 Å². The highest BCUT2D eigenvalue weighted by atomic mass is 79.9. The van der Waals surface area contributed by atoms with Crippen molar-refractivity contribution in [1.29, 1.82) is 0 Å². The van der Waals surface area contributed by atoms with Gasteiger partial charge in [-0.25, -0.2) is 4.98 Å². The predicted molar refractivity (Wildman–Crippen MR) is 46.0 cm³/mol. The minimum absolute atomic E-state index is 0.486. The number of anilines is 1. The molecular weight excluding hydrogens is 208 g/mol. The molecule has 4 nitrogen and oxygen atoms in total. The third kappa shape index (κ3) is 0.970. The van der Waals surface area contributed by atoms with E-state index < -0.39 is 0 Å². The average molecular weight is 213 g/mol. The molecule has 0 amide bonds. The normalized spacial score (nSPS) is 10.6. The lowest BCUT2D eigenvalue weighted by Crippen LogP contribution is -1.83. The van der Waals surface area contributed by atoms with Gasteiger partial charge in [0.2, 0.25) is 0 Å². The average Bonchev–Trinajstić information content (AvgIpc) is 2.32. The van der Waals surface area contributed by atoms with Crippen LogP contribution in [0.2, 0.25) is 0 Å². The second kappa shape index (κ2) is 2.20. The molecule has 56 valence electrons. The van der Waals surface area contributed by atoms with Gasteiger partial charge in [-0.1, -0.05) is 0 Å². The van der Waals surface area contributed by atoms with Crippen molar-refractivity contribution in [3.05, 3.63) is 16.9 Å². The van der Waals surface area contributed by atoms with Gasteiger partial charge in [-0.3, -0.25) is 5.10 Å². The number of nitrogens with two attached hydrogens (primary N) is 1. The number of hydrogen-bond acceptors (Lipinski definition) is 3. The molecule has 0 atom stereocenters. The van der Waals surface area contributed by atoms with Crippen LogP contribution in [0, 0.1) is 0 Å². The minimum atomic E-state index is 0.486. The van der Waals surface area contributed by atoms with E-state index in [9.17, 15) is 0 Å². The number of hydrogen-bond donors (Lipinski definition) is 2. The molecule has 0 bridgehead atoms. The van der Waals surface area contributed by atoms with Gasteiger partial charge in [-0.2, -0.15) is 5.10 Å². The summed E-state index contributed by atoms with van der Waals surface area (Å²) in [5, 5.41) is 7.47. The lowest BCUT2D eigenvalue weighted by Gasteiger charge is -1.88. The quantitative estimate of drug-likeness (QED) is 0.648. The van der Waals surface area contributed by atoms with Crippen LogP contribution in [0.3, 0.4) is 0 Å². The zero-order chi connectivity index (χ0) is 7.84. The van der Waals surface area contributed by atoms with Gasteiger partial charge in [0.1, 0.15) is 4.60 Å². The minimum Gasteiger partial charge on any atom is -0.382 e. The van der Waals surface area contributed by atoms with Crippen LogP contribution in [-0.2, 0) is 0 Å². The number of rotatable bonds is 0. The molecule has 5 heteroatoms. The molecule has 2 heterocycles. The highest BCUT2D eigenvalue weighted by molar-refractivity contribution is 9.10. The second-order valence-corrected chi connectivity index (χ2v) is 2.97. The van der Waals surface area contributed by atoms with E-state index >= 15 is 0 Å². The Bertz CT molecular complexity index is 394. The monoisotopic (exact) mass is 212 g/mol. The Hall–Kier alpha value is -1.10. The predicted octanol–water partition coefficient (Wildman–Crippen LogP) is 1.30. The first-order valence-corrected chi connectivity index (χ1v) is 3.82. The molecule has 2 aromatic rings. The van der Waals surface area contributed by atoms with Crippen LogP contribution < -0.4 is 5.73 Å². The number of pyridine rings is 1. The first-order chi connectivity index (χ1) is 5.27. The van der Waals surface area contributed by atoms with Crippen molar-refractivity contribution in [3.8, 4) is 0 Å². The van der Waals surface area contributed by atoms with Crippen LogP contribution in [0.15, 0.2) is 16.9 Å². The molecule has 3 N–H and O–H groups in total. The van der Waals surface area contributed by atoms with Gasteiger partial charge in [-0.05, 0) is 22.0 Å². The molecule has 0 aliphatic heterocycles. The maximum atomic E-state index is 5.53. The summed E-state index contributed by atoms with van der Waals surface area (Å²) < 4.78 is 0.772. The fourth-order valence-corrected chi connectivity index (χ4v) is 1.24. The summed E-state index contributed by atoms with van der Waals surface area (Å²) in [6, 6.07) is 1.83. The first kappa shape index (κ1) is 6.60. The zero-order valence-electron chi connectivity index (χ0n) is 5.50. The first-order valence-electron chi connectivity index (χ1n) is 3.02. The van der Waals surface area contributed by atoms with Crippen LogP contribution in [0.4, 0.5) is 5.82 Å². The summed E-state index contributed by atoms with van der Waals surface area (Å²) in [6.07, 6.45) is 1.68. The maximum Gasteiger partial charge on any atom is 0.154 e. The number of aromatic amines is 1. The van der Waals surface area contributed by atoms with E-state index in [4.69, 9.17) is 5.73 Å². The molecule has 0 aliphatic rings. The van der Waals surface area contributed by atoms with E-state index in [-0.39, 0.29) is 0 Å². The fraction of sp³-hybridized carbons (Fsp3) is 0. The Morgan fingerprint density at radius 2 is 2.36 bits per heavy atom. The molecule has 0 radical (unpaired) electrons. The van der Waals surface area contributed by atoms with E-state index in [1.807, 2.05) is 6.07 Å². The molecule has 2 rings (SSSR count). The lowest BCUT2D eigenvalue weighted by molar-refractivity contribution is 1.13. The summed E-state index contributed by atoms with van der Waals surface area (Å²) in [4.78, 5) is 4.02. The van der Waals surface area contributed by atoms with Gasteiger partial charge in [0, 0.05) is 6.20 Å². The van der Waals surface area contributed by atoms with Crippen LogP contribution in [-0.4, -0.2) is 15.2 Å². The molecule has 11 heavy (non-hydrogen) atoms. The third-order valence-corrected chi connectivity index (χ3v) is 1.88. The van der Waals surface area contributed by atoms with Gasteiger partial charge in [0.15, 0.2) is 5.82 Å². The fourth-order valence-electron chi connectivity index (χ4n) is 0.907. The standard InChI is InChI=1S/C6H5BrN4/c7-5-1-4-3(2-9-5)6(8)11-10-4/h1-2H,(H3,8,10,11). The van der Waals surface area contributed by atoms with Crippen molar-refractivity contribution in [3.63, 3.8) is 0 Å². The topological polar surface area (TPSA) is 67.6 Å². The van der Waals surface area contributed by atoms with E-state index in [1.165, 1.54) is 0 Å². The Morgan fingerprint density at radius 1 is 1.55 bits per heavy atom. The van der Waals surface area contributed by atoms with Crippen LogP contribution in [0.1, 0.15) is 0 Å². The number of halogens is 1. The van der Waals surface area contributed by atoms with Crippen molar-refractivity contribution in [2.24, 2.45) is 0 Å². The van der Waals surface area contributed by atoms with Crippen molar-refractivity contribution >= 4 is 32.7 Å². The summed E-state index contributed by atoms with van der Waals surface area (Å²) in [5.74, 6) is 0.486. The maximum absolute atomic E-state index is 5.53. The molecule has 2 aromatic heterocycles. The Kier molecular flexibility index (Phi) is 1.32. The molecule has 0 spiro atoms. The van der Waals surface area contributed by atoms with Crippen LogP contribution in [0.5, 0.6) is 0 Å². The highest BCUT2D eigenvalue weighted by Crippen LogP contribution is 2.18. The summed E-state index contributed by atoms with van der Waals surface area (Å²) >= 11 is 3.24. The van der Waals surface area contributed by atoms with Crippen LogP contribution >= 0.6 is 15.9 Å². The van der Waals surface area contributed by atoms with Crippen molar-refractivity contribution in [1.82, 2.24) is 15.2 Å². The summed E-state index contributed by atoms with van der Waals surface area (Å²) in [5.41, 5.74) is 6.42. The molecule has 0 saturated carbocycles. The van der Waals surface area contributed by atoms with Gasteiger partial charge in [-0.15, -0.1) is 0 Å². The number of nitrogens with one attached hydrogen (secondary N) is 1. The highest BCUT2D eigenvalue weighted by Gasteiger charge is 2.01. The number of nitrogen functional groups attached to an aromatic ring is 1. The number of aromatic nitrogens is 3. The van der Waals surface area contributed by atoms with Crippen molar-refractivity contribution < 1.29 is 0 Å². The van der Waals surface area contributed by atoms with Gasteiger partial charge in [0.25, 0.3) is 0 Å². The van der Waals surface area contributed by atoms with Gasteiger partial charge in [0.05, 0.1) is 10.9 Å². The van der Waals surface area contributed by atoms with E-state index in [1.54, 1.807) is 6.20 Å². The number of nitrogens with zero attached hydrogens (tertiary/aromatic N) is 2. The molecule has 0 aromatic carbocycles. The Morgan fingerprint density at radius 3 is 3.18 bits per heavy atom. The number of fused-ring (bicyclic) bond motifs is 1. The van der Waals surface area contributed by atoms with Crippen molar-refractivity contribution in [2.45, 2.75) is 0 Å². The van der Waals surface area contributed by atoms with E-state index in [0.29, 0.717) is 5.82 Å². The van der Waals surface area contributed by atoms with Crippen molar-refractivity contribution in [2.75, 3.05) is 5.73 Å². The molecule has 0 saturated heterocycles. The molecule has 0 unspecified atom stereocenters. The third-order valence-electron chi connectivity index (χ3n) is 1.44.